The number of carbonyl (C=O) groups is 1. The number of para-hydroxylation sites is 2. The highest BCUT2D eigenvalue weighted by Crippen LogP contribution is 2.19. The van der Waals surface area contributed by atoms with Crippen molar-refractivity contribution in [2.45, 2.75) is 39.7 Å². The van der Waals surface area contributed by atoms with Crippen molar-refractivity contribution in [1.29, 1.82) is 0 Å². The van der Waals surface area contributed by atoms with E-state index < -0.39 is 0 Å². The number of aryl methyl sites for hydroxylation is 4. The molecule has 0 fully saturated rings. The summed E-state index contributed by atoms with van der Waals surface area (Å²) in [5.74, 6) is 1.81. The monoisotopic (exact) mass is 442 g/mol. The van der Waals surface area contributed by atoms with E-state index in [1.165, 1.54) is 11.1 Å². The average molecular weight is 443 g/mol. The molecular weight excluding hydrogens is 412 g/mol. The molecule has 0 bridgehead atoms. The number of ether oxygens (including phenoxy) is 1. The Morgan fingerprint density at radius 2 is 1.85 bits per heavy atom. The molecule has 6 nitrogen and oxygen atoms in total. The van der Waals surface area contributed by atoms with Crippen LogP contribution in [-0.2, 0) is 13.0 Å². The van der Waals surface area contributed by atoms with Crippen LogP contribution in [0.15, 0.2) is 66.9 Å². The van der Waals surface area contributed by atoms with Gasteiger partial charge in [0, 0.05) is 25.7 Å². The molecule has 0 saturated heterocycles. The molecule has 0 spiro atoms. The fourth-order valence-corrected chi connectivity index (χ4v) is 3.82. The van der Waals surface area contributed by atoms with Crippen LogP contribution in [0.3, 0.4) is 0 Å². The summed E-state index contributed by atoms with van der Waals surface area (Å²) in [6.07, 6.45) is 4.11. The Kier molecular flexibility index (Phi) is 7.35. The zero-order valence-electron chi connectivity index (χ0n) is 19.3. The molecule has 2 aromatic carbocycles. The summed E-state index contributed by atoms with van der Waals surface area (Å²) in [5, 5.41) is 2.94. The lowest BCUT2D eigenvalue weighted by Gasteiger charge is -2.11. The Balaban J connectivity index is 1.33. The molecule has 0 unspecified atom stereocenters. The van der Waals surface area contributed by atoms with E-state index in [-0.39, 0.29) is 5.91 Å². The number of pyridine rings is 1. The Hall–Kier alpha value is -3.67. The first-order chi connectivity index (χ1) is 16.1. The first-order valence-corrected chi connectivity index (χ1v) is 11.5. The molecule has 4 rings (SSSR count). The number of nitrogens with zero attached hydrogens (tertiary/aromatic N) is 3. The number of hydrogen-bond acceptors (Lipinski definition) is 4. The standard InChI is InChI=1S/C27H30N4O2/c1-20-13-14-22(19-21(20)2)33-18-8-17-31-25-11-4-3-9-23(25)30-26(31)12-7-16-29-27(32)24-10-5-6-15-28-24/h3-6,9-11,13-15,19H,7-8,12,16-18H2,1-2H3,(H,29,32). The van der Waals surface area contributed by atoms with Gasteiger partial charge < -0.3 is 14.6 Å². The van der Waals surface area contributed by atoms with Crippen molar-refractivity contribution in [2.75, 3.05) is 13.2 Å². The highest BCUT2D eigenvalue weighted by atomic mass is 16.5. The van der Waals surface area contributed by atoms with Crippen LogP contribution in [0.25, 0.3) is 11.0 Å². The third-order valence-electron chi connectivity index (χ3n) is 5.77. The number of imidazole rings is 1. The smallest absolute Gasteiger partial charge is 0.269 e. The maximum absolute atomic E-state index is 12.2. The third-order valence-corrected chi connectivity index (χ3v) is 5.77. The van der Waals surface area contributed by atoms with Crippen molar-refractivity contribution in [3.05, 3.63) is 89.5 Å². The lowest BCUT2D eigenvalue weighted by atomic mass is 10.1. The maximum Gasteiger partial charge on any atom is 0.269 e. The second-order valence-corrected chi connectivity index (χ2v) is 8.19. The van der Waals surface area contributed by atoms with Crippen LogP contribution in [0.4, 0.5) is 0 Å². The van der Waals surface area contributed by atoms with E-state index in [0.29, 0.717) is 18.8 Å². The Morgan fingerprint density at radius 1 is 1.00 bits per heavy atom. The largest absolute Gasteiger partial charge is 0.494 e. The van der Waals surface area contributed by atoms with Crippen molar-refractivity contribution in [2.24, 2.45) is 0 Å². The van der Waals surface area contributed by atoms with Gasteiger partial charge in [0.05, 0.1) is 17.6 Å². The molecule has 2 heterocycles. The van der Waals surface area contributed by atoms with Crippen LogP contribution in [-0.4, -0.2) is 33.6 Å². The van der Waals surface area contributed by atoms with Gasteiger partial charge >= 0.3 is 0 Å². The molecule has 4 aromatic rings. The summed E-state index contributed by atoms with van der Waals surface area (Å²) in [5.41, 5.74) is 5.09. The molecular formula is C27H30N4O2. The number of fused-ring (bicyclic) bond motifs is 1. The summed E-state index contributed by atoms with van der Waals surface area (Å²) in [6, 6.07) is 19.8. The maximum atomic E-state index is 12.2. The second kappa shape index (κ2) is 10.8. The van der Waals surface area contributed by atoms with Crippen LogP contribution in [0.5, 0.6) is 5.75 Å². The predicted octanol–water partition coefficient (Wildman–Crippen LogP) is 4.88. The second-order valence-electron chi connectivity index (χ2n) is 8.19. The van der Waals surface area contributed by atoms with Crippen LogP contribution < -0.4 is 10.1 Å². The van der Waals surface area contributed by atoms with Crippen LogP contribution in [0, 0.1) is 13.8 Å². The normalized spacial score (nSPS) is 11.0. The molecule has 2 aromatic heterocycles. The number of hydrogen-bond donors (Lipinski definition) is 1. The molecule has 0 aliphatic heterocycles. The van der Waals surface area contributed by atoms with Crippen molar-refractivity contribution in [1.82, 2.24) is 19.9 Å². The number of nitrogens with one attached hydrogen (secondary N) is 1. The summed E-state index contributed by atoms with van der Waals surface area (Å²) in [7, 11) is 0. The van der Waals surface area contributed by atoms with Gasteiger partial charge in [0.15, 0.2) is 0 Å². The van der Waals surface area contributed by atoms with Gasteiger partial charge in [0.1, 0.15) is 17.3 Å². The molecule has 6 heteroatoms. The van der Waals surface area contributed by atoms with Gasteiger partial charge in [-0.05, 0) is 74.2 Å². The van der Waals surface area contributed by atoms with Gasteiger partial charge in [-0.1, -0.05) is 24.3 Å². The Labute approximate surface area is 194 Å². The van der Waals surface area contributed by atoms with Gasteiger partial charge in [-0.25, -0.2) is 4.98 Å². The first-order valence-electron chi connectivity index (χ1n) is 11.5. The van der Waals surface area contributed by atoms with E-state index in [4.69, 9.17) is 9.72 Å². The van der Waals surface area contributed by atoms with E-state index in [9.17, 15) is 4.79 Å². The molecule has 0 aliphatic rings. The van der Waals surface area contributed by atoms with Crippen LogP contribution in [0.2, 0.25) is 0 Å². The fraction of sp³-hybridized carbons (Fsp3) is 0.296. The average Bonchev–Trinajstić information content (AvgIpc) is 3.19. The van der Waals surface area contributed by atoms with Crippen LogP contribution in [0.1, 0.15) is 40.3 Å². The zero-order valence-corrected chi connectivity index (χ0v) is 19.3. The molecule has 0 atom stereocenters. The summed E-state index contributed by atoms with van der Waals surface area (Å²) in [6.45, 7) is 6.27. The van der Waals surface area contributed by atoms with Crippen molar-refractivity contribution >= 4 is 16.9 Å². The highest BCUT2D eigenvalue weighted by Gasteiger charge is 2.11. The molecule has 0 aliphatic carbocycles. The molecule has 170 valence electrons. The lowest BCUT2D eigenvalue weighted by molar-refractivity contribution is 0.0948. The van der Waals surface area contributed by atoms with E-state index in [1.54, 1.807) is 18.3 Å². The molecule has 0 saturated carbocycles. The van der Waals surface area contributed by atoms with E-state index in [2.05, 4.69) is 46.9 Å². The zero-order chi connectivity index (χ0) is 23.0. The molecule has 1 N–H and O–H groups in total. The first kappa shape index (κ1) is 22.5. The summed E-state index contributed by atoms with van der Waals surface area (Å²) in [4.78, 5) is 21.1. The van der Waals surface area contributed by atoms with Crippen molar-refractivity contribution < 1.29 is 9.53 Å². The third kappa shape index (κ3) is 5.77. The number of amides is 1. The summed E-state index contributed by atoms with van der Waals surface area (Å²) >= 11 is 0. The van der Waals surface area contributed by atoms with Gasteiger partial charge in [-0.2, -0.15) is 0 Å². The Bertz CT molecular complexity index is 1220. The van der Waals surface area contributed by atoms with E-state index in [0.717, 1.165) is 48.4 Å². The van der Waals surface area contributed by atoms with Gasteiger partial charge in [0.25, 0.3) is 5.91 Å². The molecule has 33 heavy (non-hydrogen) atoms. The minimum atomic E-state index is -0.146. The minimum Gasteiger partial charge on any atom is -0.494 e. The summed E-state index contributed by atoms with van der Waals surface area (Å²) < 4.78 is 8.25. The number of benzene rings is 2. The number of aromatic nitrogens is 3. The Morgan fingerprint density at radius 3 is 2.67 bits per heavy atom. The number of rotatable bonds is 10. The number of carbonyl (C=O) groups excluding carboxylic acids is 1. The minimum absolute atomic E-state index is 0.146. The quantitative estimate of drug-likeness (QED) is 0.356. The topological polar surface area (TPSA) is 69.0 Å². The van der Waals surface area contributed by atoms with Crippen molar-refractivity contribution in [3.63, 3.8) is 0 Å². The van der Waals surface area contributed by atoms with Gasteiger partial charge in [-0.15, -0.1) is 0 Å². The lowest BCUT2D eigenvalue weighted by Crippen LogP contribution is -2.25. The SMILES string of the molecule is Cc1ccc(OCCCn2c(CCCNC(=O)c3ccccn3)nc3ccccc32)cc1C. The highest BCUT2D eigenvalue weighted by molar-refractivity contribution is 5.92. The van der Waals surface area contributed by atoms with Crippen molar-refractivity contribution in [3.8, 4) is 5.75 Å². The fourth-order valence-electron chi connectivity index (χ4n) is 3.82. The molecule has 0 radical (unpaired) electrons. The van der Waals surface area contributed by atoms with Crippen LogP contribution >= 0.6 is 0 Å². The van der Waals surface area contributed by atoms with Gasteiger partial charge in [0.2, 0.25) is 0 Å². The van der Waals surface area contributed by atoms with Gasteiger partial charge in [-0.3, -0.25) is 9.78 Å². The predicted molar refractivity (Wildman–Crippen MR) is 131 cm³/mol. The van der Waals surface area contributed by atoms with E-state index in [1.807, 2.05) is 30.3 Å². The molecule has 1 amide bonds. The van der Waals surface area contributed by atoms with E-state index >= 15 is 0 Å².